The fraction of sp³-hybridized carbons (Fsp3) is 0.800. The Balaban J connectivity index is 0.000000181. The summed E-state index contributed by atoms with van der Waals surface area (Å²) in [5.41, 5.74) is 2.95. The molecule has 0 amide bonds. The van der Waals surface area contributed by atoms with Crippen molar-refractivity contribution in [2.24, 2.45) is 17.8 Å². The van der Waals surface area contributed by atoms with Crippen LogP contribution in [0.3, 0.4) is 0 Å². The zero-order valence-corrected chi connectivity index (χ0v) is 17.4. The van der Waals surface area contributed by atoms with E-state index in [0.717, 1.165) is 17.8 Å². The van der Waals surface area contributed by atoms with E-state index < -0.39 is 0 Å². The molecule has 0 heteroatoms. The molecule has 0 heterocycles. The lowest BCUT2D eigenvalue weighted by atomic mass is 9.72. The van der Waals surface area contributed by atoms with Crippen molar-refractivity contribution in [2.45, 2.75) is 111 Å². The van der Waals surface area contributed by atoms with Gasteiger partial charge in [-0.15, -0.1) is 0 Å². The van der Waals surface area contributed by atoms with Crippen LogP contribution >= 0.6 is 0 Å². The van der Waals surface area contributed by atoms with Crippen LogP contribution in [0, 0.1) is 24.2 Å². The summed E-state index contributed by atoms with van der Waals surface area (Å²) < 4.78 is 0. The normalized spacial score (nSPS) is 25.9. The summed E-state index contributed by atoms with van der Waals surface area (Å²) in [4.78, 5) is 0. The van der Waals surface area contributed by atoms with Gasteiger partial charge in [-0.25, -0.2) is 0 Å². The second-order valence-electron chi connectivity index (χ2n) is 9.00. The summed E-state index contributed by atoms with van der Waals surface area (Å²) >= 11 is 0. The van der Waals surface area contributed by atoms with Crippen molar-refractivity contribution in [2.75, 3.05) is 0 Å². The zero-order chi connectivity index (χ0) is 17.9. The highest BCUT2D eigenvalue weighted by molar-refractivity contribution is 5.39. The molecular formula is C25H43. The summed E-state index contributed by atoms with van der Waals surface area (Å²) in [5, 5.41) is 0. The van der Waals surface area contributed by atoms with E-state index in [1.54, 1.807) is 0 Å². The first-order chi connectivity index (χ1) is 12.2. The van der Waals surface area contributed by atoms with Crippen molar-refractivity contribution in [1.29, 1.82) is 0 Å². The van der Waals surface area contributed by atoms with Crippen LogP contribution in [-0.4, -0.2) is 0 Å². The largest absolute Gasteiger partial charge is 0.0654 e. The third-order valence-electron chi connectivity index (χ3n) is 6.77. The van der Waals surface area contributed by atoms with Gasteiger partial charge < -0.3 is 0 Å². The van der Waals surface area contributed by atoms with Crippen LogP contribution in [0.15, 0.2) is 23.3 Å². The molecule has 1 radical (unpaired) electrons. The standard InChI is InChI=1S/C13H19.C12H24/c1-10-3-5-12(9-10)6-8-13-7-4-11(13)2;1-2-3-4-5-6-9-12-10-7-8-11-12/h3,5,9,11,13H,4,6-8H2,1-2H3;12H,2-11H2,1H3/t11?,13-;/m0./s1. The van der Waals surface area contributed by atoms with Gasteiger partial charge in [-0.1, -0.05) is 108 Å². The van der Waals surface area contributed by atoms with Crippen LogP contribution in [0.1, 0.15) is 111 Å². The molecule has 0 aromatic heterocycles. The minimum Gasteiger partial charge on any atom is -0.0654 e. The van der Waals surface area contributed by atoms with Gasteiger partial charge in [0.15, 0.2) is 0 Å². The minimum atomic E-state index is 0.996. The van der Waals surface area contributed by atoms with Crippen LogP contribution in [-0.2, 0) is 0 Å². The van der Waals surface area contributed by atoms with E-state index in [1.807, 2.05) is 0 Å². The molecule has 3 aliphatic carbocycles. The molecule has 0 N–H and O–H groups in total. The molecule has 3 aliphatic rings. The lowest BCUT2D eigenvalue weighted by Gasteiger charge is -2.34. The number of hydrogen-bond donors (Lipinski definition) is 0. The molecule has 0 nitrogen and oxygen atoms in total. The van der Waals surface area contributed by atoms with Crippen molar-refractivity contribution in [3.05, 3.63) is 29.7 Å². The Hall–Kier alpha value is -0.520. The Labute approximate surface area is 158 Å². The number of allylic oxidation sites excluding steroid dienone is 4. The molecule has 0 aromatic carbocycles. The SMILES string of the molecule is CC1=CC=C(CC[C@@H]2CCC2C)[CH]1.CCCCCCCC1CCCC1. The molecule has 2 atom stereocenters. The summed E-state index contributed by atoms with van der Waals surface area (Å²) in [6, 6.07) is 0. The van der Waals surface area contributed by atoms with Gasteiger partial charge in [0.05, 0.1) is 0 Å². The highest BCUT2D eigenvalue weighted by Crippen LogP contribution is 2.38. The monoisotopic (exact) mass is 343 g/mol. The molecule has 25 heavy (non-hydrogen) atoms. The van der Waals surface area contributed by atoms with Crippen molar-refractivity contribution in [3.63, 3.8) is 0 Å². The molecule has 1 unspecified atom stereocenters. The van der Waals surface area contributed by atoms with Crippen LogP contribution < -0.4 is 0 Å². The zero-order valence-electron chi connectivity index (χ0n) is 17.4. The summed E-state index contributed by atoms with van der Waals surface area (Å²) in [7, 11) is 0. The predicted molar refractivity (Wildman–Crippen MR) is 113 cm³/mol. The van der Waals surface area contributed by atoms with Gasteiger partial charge in [-0.05, 0) is 43.9 Å². The molecule has 2 saturated carbocycles. The van der Waals surface area contributed by atoms with E-state index in [0.29, 0.717) is 0 Å². The van der Waals surface area contributed by atoms with Gasteiger partial charge in [0.1, 0.15) is 0 Å². The van der Waals surface area contributed by atoms with Crippen LogP contribution in [0.25, 0.3) is 0 Å². The Bertz CT molecular complexity index is 408. The van der Waals surface area contributed by atoms with E-state index in [4.69, 9.17) is 0 Å². The first-order valence-electron chi connectivity index (χ1n) is 11.4. The van der Waals surface area contributed by atoms with Crippen LogP contribution in [0.2, 0.25) is 0 Å². The molecule has 0 aliphatic heterocycles. The van der Waals surface area contributed by atoms with Gasteiger partial charge in [0, 0.05) is 6.42 Å². The molecule has 143 valence electrons. The lowest BCUT2D eigenvalue weighted by Crippen LogP contribution is -2.22. The van der Waals surface area contributed by atoms with Gasteiger partial charge in [0.2, 0.25) is 0 Å². The predicted octanol–water partition coefficient (Wildman–Crippen LogP) is 8.44. The number of hydrogen-bond acceptors (Lipinski definition) is 0. The fourth-order valence-electron chi connectivity index (χ4n) is 4.63. The molecule has 0 spiro atoms. The van der Waals surface area contributed by atoms with Crippen molar-refractivity contribution >= 4 is 0 Å². The second kappa shape index (κ2) is 12.0. The summed E-state index contributed by atoms with van der Waals surface area (Å²) in [6.07, 6.45) is 27.4. The van der Waals surface area contributed by atoms with Crippen molar-refractivity contribution in [3.8, 4) is 0 Å². The smallest absolute Gasteiger partial charge is 0.0113 e. The maximum atomic E-state index is 2.39. The number of unbranched alkanes of at least 4 members (excludes halogenated alkanes) is 4. The average molecular weight is 344 g/mol. The van der Waals surface area contributed by atoms with Gasteiger partial charge in [-0.3, -0.25) is 0 Å². The van der Waals surface area contributed by atoms with E-state index in [-0.39, 0.29) is 0 Å². The summed E-state index contributed by atoms with van der Waals surface area (Å²) in [6.45, 7) is 6.86. The third-order valence-corrected chi connectivity index (χ3v) is 6.77. The Morgan fingerprint density at radius 2 is 1.64 bits per heavy atom. The fourth-order valence-corrected chi connectivity index (χ4v) is 4.63. The summed E-state index contributed by atoms with van der Waals surface area (Å²) in [5.74, 6) is 3.14. The molecule has 0 aromatic rings. The first-order valence-corrected chi connectivity index (χ1v) is 11.4. The third kappa shape index (κ3) is 8.14. The van der Waals surface area contributed by atoms with Crippen molar-refractivity contribution < 1.29 is 0 Å². The van der Waals surface area contributed by atoms with Gasteiger partial charge in [-0.2, -0.15) is 0 Å². The van der Waals surface area contributed by atoms with Crippen molar-refractivity contribution in [1.82, 2.24) is 0 Å². The van der Waals surface area contributed by atoms with Gasteiger partial charge in [0.25, 0.3) is 0 Å². The molecule has 2 fully saturated rings. The second-order valence-corrected chi connectivity index (χ2v) is 9.00. The van der Waals surface area contributed by atoms with Crippen LogP contribution in [0.5, 0.6) is 0 Å². The maximum absolute atomic E-state index is 2.39. The van der Waals surface area contributed by atoms with Gasteiger partial charge >= 0.3 is 0 Å². The average Bonchev–Trinajstić information content (AvgIpc) is 3.26. The van der Waals surface area contributed by atoms with E-state index in [2.05, 4.69) is 39.3 Å². The maximum Gasteiger partial charge on any atom is 0.0113 e. The van der Waals surface area contributed by atoms with E-state index in [9.17, 15) is 0 Å². The Morgan fingerprint density at radius 1 is 0.880 bits per heavy atom. The first kappa shape index (κ1) is 20.8. The molecular weight excluding hydrogens is 300 g/mol. The van der Waals surface area contributed by atoms with E-state index in [1.165, 1.54) is 101 Å². The van der Waals surface area contributed by atoms with E-state index >= 15 is 0 Å². The Morgan fingerprint density at radius 3 is 2.20 bits per heavy atom. The topological polar surface area (TPSA) is 0 Å². The minimum absolute atomic E-state index is 0.996. The number of rotatable bonds is 9. The lowest BCUT2D eigenvalue weighted by molar-refractivity contribution is 0.184. The van der Waals surface area contributed by atoms with Crippen LogP contribution in [0.4, 0.5) is 0 Å². The molecule has 0 bridgehead atoms. The molecule has 0 saturated heterocycles. The quantitative estimate of drug-likeness (QED) is 0.368. The highest BCUT2D eigenvalue weighted by Gasteiger charge is 2.26. The Kier molecular flexibility index (Phi) is 9.96. The highest BCUT2D eigenvalue weighted by atomic mass is 14.3. The molecule has 3 rings (SSSR count).